The summed E-state index contributed by atoms with van der Waals surface area (Å²) in [6, 6.07) is 21.1. The third-order valence-electron chi connectivity index (χ3n) is 5.08. The highest BCUT2D eigenvalue weighted by Gasteiger charge is 2.29. The van der Waals surface area contributed by atoms with Crippen LogP contribution in [0, 0.1) is 0 Å². The molecule has 0 spiro atoms. The molecule has 2 N–H and O–H groups in total. The van der Waals surface area contributed by atoms with Crippen LogP contribution in [0.1, 0.15) is 18.9 Å². The molecule has 1 saturated heterocycles. The molecule has 0 aliphatic carbocycles. The third kappa shape index (κ3) is 7.38. The average molecular weight is 526 g/mol. The van der Waals surface area contributed by atoms with Gasteiger partial charge in [-0.2, -0.15) is 0 Å². The number of nitrogens with one attached hydrogen (secondary N) is 2. The van der Waals surface area contributed by atoms with E-state index in [1.54, 1.807) is 7.05 Å². The lowest BCUT2D eigenvalue weighted by Crippen LogP contribution is -2.45. The van der Waals surface area contributed by atoms with Gasteiger partial charge >= 0.3 is 0 Å². The van der Waals surface area contributed by atoms with Gasteiger partial charge in [0, 0.05) is 49.4 Å². The number of rotatable bonds is 7. The summed E-state index contributed by atoms with van der Waals surface area (Å²) in [6.45, 7) is 4.87. The van der Waals surface area contributed by atoms with Crippen LogP contribution in [-0.2, 0) is 17.3 Å². The van der Waals surface area contributed by atoms with Crippen molar-refractivity contribution in [2.75, 3.05) is 25.9 Å². The number of nitrogens with zero attached hydrogens (tertiary/aromatic N) is 2. The van der Waals surface area contributed by atoms with Gasteiger partial charge in [-0.15, -0.1) is 24.0 Å². The molecule has 1 fully saturated rings. The Bertz CT molecular complexity index is 788. The van der Waals surface area contributed by atoms with Gasteiger partial charge in [0.1, 0.15) is 0 Å². The van der Waals surface area contributed by atoms with Crippen molar-refractivity contribution in [1.29, 1.82) is 0 Å². The van der Waals surface area contributed by atoms with E-state index < -0.39 is 10.8 Å². The Labute approximate surface area is 193 Å². The van der Waals surface area contributed by atoms with Crippen LogP contribution >= 0.6 is 24.0 Å². The van der Waals surface area contributed by atoms with E-state index in [0.29, 0.717) is 24.4 Å². The standard InChI is InChI=1S/C22H30N4OS.HI/c1-18-15-20(17-26(18)16-19-9-5-3-6-10-19)25-22(23-2)24-13-14-28(27)21-11-7-4-8-12-21;/h3-12,18,20H,13-17H2,1-2H3,(H2,23,24,25);1H. The van der Waals surface area contributed by atoms with E-state index in [0.717, 1.165) is 30.4 Å². The van der Waals surface area contributed by atoms with Crippen LogP contribution in [0.3, 0.4) is 0 Å². The first-order chi connectivity index (χ1) is 13.7. The molecule has 1 aliphatic heterocycles. The Morgan fingerprint density at radius 2 is 1.79 bits per heavy atom. The van der Waals surface area contributed by atoms with Crippen molar-refractivity contribution in [3.8, 4) is 0 Å². The van der Waals surface area contributed by atoms with Crippen molar-refractivity contribution in [3.63, 3.8) is 0 Å². The molecule has 5 nitrogen and oxygen atoms in total. The van der Waals surface area contributed by atoms with E-state index in [2.05, 4.69) is 57.8 Å². The highest BCUT2D eigenvalue weighted by molar-refractivity contribution is 14.0. The number of benzene rings is 2. The molecular weight excluding hydrogens is 495 g/mol. The molecule has 2 aromatic rings. The van der Waals surface area contributed by atoms with E-state index in [9.17, 15) is 4.21 Å². The van der Waals surface area contributed by atoms with Crippen molar-refractivity contribution in [2.24, 2.45) is 4.99 Å². The molecule has 0 amide bonds. The minimum absolute atomic E-state index is 0. The molecule has 2 aromatic carbocycles. The summed E-state index contributed by atoms with van der Waals surface area (Å²) >= 11 is 0. The normalized spacial score (nSPS) is 20.7. The van der Waals surface area contributed by atoms with E-state index >= 15 is 0 Å². The zero-order valence-electron chi connectivity index (χ0n) is 17.1. The molecule has 0 aromatic heterocycles. The number of halogens is 1. The summed E-state index contributed by atoms with van der Waals surface area (Å²) in [5.41, 5.74) is 1.35. The Kier molecular flexibility index (Phi) is 10.1. The van der Waals surface area contributed by atoms with E-state index in [1.807, 2.05) is 30.3 Å². The van der Waals surface area contributed by atoms with Crippen LogP contribution in [0.25, 0.3) is 0 Å². The number of hydrogen-bond donors (Lipinski definition) is 2. The van der Waals surface area contributed by atoms with Gasteiger partial charge in [0.15, 0.2) is 5.96 Å². The minimum Gasteiger partial charge on any atom is -0.355 e. The van der Waals surface area contributed by atoms with E-state index in [4.69, 9.17) is 0 Å². The van der Waals surface area contributed by atoms with Crippen molar-refractivity contribution in [2.45, 2.75) is 36.9 Å². The van der Waals surface area contributed by atoms with Crippen molar-refractivity contribution >= 4 is 40.7 Å². The molecule has 158 valence electrons. The van der Waals surface area contributed by atoms with Crippen LogP contribution in [0.2, 0.25) is 0 Å². The van der Waals surface area contributed by atoms with Crippen molar-refractivity contribution < 1.29 is 4.21 Å². The summed E-state index contributed by atoms with van der Waals surface area (Å²) in [4.78, 5) is 7.71. The van der Waals surface area contributed by atoms with E-state index in [1.165, 1.54) is 5.56 Å². The Hall–Kier alpha value is -1.45. The molecule has 1 aliphatic rings. The predicted octanol–water partition coefficient (Wildman–Crippen LogP) is 3.24. The second-order valence-corrected chi connectivity index (χ2v) is 8.77. The highest BCUT2D eigenvalue weighted by atomic mass is 127. The molecule has 1 heterocycles. The first-order valence-electron chi connectivity index (χ1n) is 9.84. The minimum atomic E-state index is -0.993. The maximum Gasteiger partial charge on any atom is 0.191 e. The fraction of sp³-hybridized carbons (Fsp3) is 0.409. The SMILES string of the molecule is CN=C(NCCS(=O)c1ccccc1)NC1CC(C)N(Cc2ccccc2)C1.I. The lowest BCUT2D eigenvalue weighted by Gasteiger charge is -2.21. The first kappa shape index (κ1) is 23.8. The molecule has 0 radical (unpaired) electrons. The van der Waals surface area contributed by atoms with Gasteiger partial charge in [0.05, 0.1) is 10.8 Å². The average Bonchev–Trinajstić information content (AvgIpc) is 3.07. The van der Waals surface area contributed by atoms with Gasteiger partial charge in [-0.05, 0) is 31.0 Å². The van der Waals surface area contributed by atoms with Crippen LogP contribution in [0.4, 0.5) is 0 Å². The zero-order valence-corrected chi connectivity index (χ0v) is 20.2. The Morgan fingerprint density at radius 1 is 1.14 bits per heavy atom. The summed E-state index contributed by atoms with van der Waals surface area (Å²) in [7, 11) is 0.788. The molecule has 3 atom stereocenters. The predicted molar refractivity (Wildman–Crippen MR) is 132 cm³/mol. The van der Waals surface area contributed by atoms with Crippen molar-refractivity contribution in [3.05, 3.63) is 66.2 Å². The smallest absolute Gasteiger partial charge is 0.191 e. The van der Waals surface area contributed by atoms with Gasteiger partial charge in [-0.1, -0.05) is 48.5 Å². The Balaban J connectivity index is 0.00000300. The van der Waals surface area contributed by atoms with Gasteiger partial charge in [-0.25, -0.2) is 0 Å². The fourth-order valence-corrected chi connectivity index (χ4v) is 4.57. The van der Waals surface area contributed by atoms with Crippen molar-refractivity contribution in [1.82, 2.24) is 15.5 Å². The quantitative estimate of drug-likeness (QED) is 0.331. The van der Waals surface area contributed by atoms with Crippen LogP contribution in [0.5, 0.6) is 0 Å². The highest BCUT2D eigenvalue weighted by Crippen LogP contribution is 2.20. The summed E-state index contributed by atoms with van der Waals surface area (Å²) < 4.78 is 12.3. The molecule has 7 heteroatoms. The number of aliphatic imine (C=N–C) groups is 1. The molecule has 29 heavy (non-hydrogen) atoms. The van der Waals surface area contributed by atoms with Gasteiger partial charge in [0.25, 0.3) is 0 Å². The molecular formula is C22H31IN4OS. The number of hydrogen-bond acceptors (Lipinski definition) is 3. The maximum absolute atomic E-state index is 12.3. The second-order valence-electron chi connectivity index (χ2n) is 7.20. The molecule has 3 rings (SSSR count). The lowest BCUT2D eigenvalue weighted by atomic mass is 10.2. The Morgan fingerprint density at radius 3 is 2.45 bits per heavy atom. The topological polar surface area (TPSA) is 56.7 Å². The van der Waals surface area contributed by atoms with Gasteiger partial charge in [0.2, 0.25) is 0 Å². The van der Waals surface area contributed by atoms with Gasteiger partial charge in [-0.3, -0.25) is 14.1 Å². The summed E-state index contributed by atoms with van der Waals surface area (Å²) in [6.07, 6.45) is 1.09. The number of guanidine groups is 1. The molecule has 0 saturated carbocycles. The maximum atomic E-state index is 12.3. The first-order valence-corrected chi connectivity index (χ1v) is 11.2. The number of likely N-dealkylation sites (tertiary alicyclic amines) is 1. The molecule has 0 bridgehead atoms. The van der Waals surface area contributed by atoms with Crippen LogP contribution in [-0.4, -0.2) is 53.0 Å². The fourth-order valence-electron chi connectivity index (χ4n) is 3.58. The lowest BCUT2D eigenvalue weighted by molar-refractivity contribution is 0.258. The second kappa shape index (κ2) is 12.3. The molecule has 3 unspecified atom stereocenters. The third-order valence-corrected chi connectivity index (χ3v) is 6.46. The van der Waals surface area contributed by atoms with Gasteiger partial charge < -0.3 is 10.6 Å². The monoisotopic (exact) mass is 526 g/mol. The summed E-state index contributed by atoms with van der Waals surface area (Å²) in [5, 5.41) is 6.83. The zero-order chi connectivity index (χ0) is 19.8. The van der Waals surface area contributed by atoms with E-state index in [-0.39, 0.29) is 24.0 Å². The largest absolute Gasteiger partial charge is 0.355 e. The summed E-state index contributed by atoms with van der Waals surface area (Å²) in [5.74, 6) is 1.34. The van der Waals surface area contributed by atoms with Crippen LogP contribution < -0.4 is 10.6 Å². The van der Waals surface area contributed by atoms with Crippen LogP contribution in [0.15, 0.2) is 70.6 Å².